The van der Waals surface area contributed by atoms with E-state index in [2.05, 4.69) is 21.3 Å². The molecule has 14 nitrogen and oxygen atoms in total. The van der Waals surface area contributed by atoms with Gasteiger partial charge in [0, 0.05) is 13.3 Å². The van der Waals surface area contributed by atoms with E-state index >= 15 is 0 Å². The van der Waals surface area contributed by atoms with Gasteiger partial charge in [-0.2, -0.15) is 5.26 Å². The highest BCUT2D eigenvalue weighted by Gasteiger charge is 2.33. The summed E-state index contributed by atoms with van der Waals surface area (Å²) in [6, 6.07) is -2.97. The highest BCUT2D eigenvalue weighted by molar-refractivity contribution is 5.95. The molecule has 0 aliphatic carbocycles. The van der Waals surface area contributed by atoms with Crippen LogP contribution in [0, 0.1) is 23.2 Å². The van der Waals surface area contributed by atoms with Gasteiger partial charge in [-0.05, 0) is 31.1 Å². The largest absolute Gasteiger partial charge is 0.378 e. The average Bonchev–Trinajstić information content (AvgIpc) is 2.83. The number of aliphatic hydroxyl groups is 1. The number of nitrogens with one attached hydrogen (secondary N) is 4. The number of carbonyl (C=O) groups is 6. The highest BCUT2D eigenvalue weighted by atomic mass is 16.3. The second-order valence-corrected chi connectivity index (χ2v) is 9.55. The summed E-state index contributed by atoms with van der Waals surface area (Å²) in [5.41, 5.74) is 10.6. The van der Waals surface area contributed by atoms with Crippen LogP contribution in [0.2, 0.25) is 0 Å². The van der Waals surface area contributed by atoms with Crippen molar-refractivity contribution in [3.05, 3.63) is 0 Å². The molecule has 38 heavy (non-hydrogen) atoms. The zero-order chi connectivity index (χ0) is 29.6. The summed E-state index contributed by atoms with van der Waals surface area (Å²) in [6.45, 7) is 8.07. The number of carbonyl (C=O) groups excluding carboxylic acids is 6. The Kier molecular flexibility index (Phi) is 15.2. The van der Waals surface area contributed by atoms with Gasteiger partial charge in [0.25, 0.3) is 0 Å². The molecular formula is C24H41N7O7. The van der Waals surface area contributed by atoms with E-state index in [9.17, 15) is 33.9 Å². The van der Waals surface area contributed by atoms with Crippen LogP contribution in [0.25, 0.3) is 0 Å². The fraction of sp³-hybridized carbons (Fsp3) is 0.708. The summed E-state index contributed by atoms with van der Waals surface area (Å²) < 4.78 is 0. The number of hydrogen-bond donors (Lipinski definition) is 7. The van der Waals surface area contributed by atoms with Gasteiger partial charge in [0.05, 0.1) is 6.07 Å². The molecule has 6 atom stereocenters. The molecule has 0 aromatic carbocycles. The Morgan fingerprint density at radius 2 is 1.34 bits per heavy atom. The van der Waals surface area contributed by atoms with Gasteiger partial charge < -0.3 is 37.8 Å². The monoisotopic (exact) mass is 539 g/mol. The van der Waals surface area contributed by atoms with Gasteiger partial charge >= 0.3 is 0 Å². The van der Waals surface area contributed by atoms with E-state index in [0.29, 0.717) is 6.42 Å². The van der Waals surface area contributed by atoms with Crippen LogP contribution < -0.4 is 32.7 Å². The van der Waals surface area contributed by atoms with E-state index in [0.717, 1.165) is 0 Å². The Bertz CT molecular complexity index is 903. The van der Waals surface area contributed by atoms with E-state index in [-0.39, 0.29) is 37.5 Å². The second kappa shape index (κ2) is 16.9. The number of amides is 6. The maximum Gasteiger partial charge on any atom is 0.243 e. The molecule has 0 heterocycles. The molecule has 9 N–H and O–H groups in total. The van der Waals surface area contributed by atoms with Crippen LogP contribution in [0.4, 0.5) is 0 Å². The van der Waals surface area contributed by atoms with Crippen molar-refractivity contribution in [2.75, 3.05) is 0 Å². The molecule has 0 aromatic rings. The minimum Gasteiger partial charge on any atom is -0.378 e. The quantitative estimate of drug-likeness (QED) is 0.102. The molecule has 0 aliphatic heterocycles. The third kappa shape index (κ3) is 12.5. The van der Waals surface area contributed by atoms with E-state index in [1.807, 2.05) is 0 Å². The van der Waals surface area contributed by atoms with Crippen LogP contribution in [0.1, 0.15) is 66.7 Å². The van der Waals surface area contributed by atoms with Crippen molar-refractivity contribution < 1.29 is 33.9 Å². The number of rotatable bonds is 17. The van der Waals surface area contributed by atoms with Gasteiger partial charge in [-0.1, -0.05) is 34.1 Å². The molecule has 0 saturated carbocycles. The zero-order valence-corrected chi connectivity index (χ0v) is 22.6. The van der Waals surface area contributed by atoms with E-state index in [1.165, 1.54) is 6.92 Å². The summed E-state index contributed by atoms with van der Waals surface area (Å²) in [4.78, 5) is 73.9. The third-order valence-corrected chi connectivity index (χ3v) is 5.95. The lowest BCUT2D eigenvalue weighted by molar-refractivity contribution is -0.135. The Labute approximate surface area is 222 Å². The van der Waals surface area contributed by atoms with Gasteiger partial charge in [-0.15, -0.1) is 0 Å². The number of nitrogens with two attached hydrogens (primary N) is 2. The van der Waals surface area contributed by atoms with Crippen LogP contribution in [0.3, 0.4) is 0 Å². The third-order valence-electron chi connectivity index (χ3n) is 5.95. The summed E-state index contributed by atoms with van der Waals surface area (Å²) in [5.74, 6) is -4.95. The number of nitriles is 1. The molecule has 6 amide bonds. The molecule has 0 saturated heterocycles. The Morgan fingerprint density at radius 1 is 0.816 bits per heavy atom. The number of nitrogens with zero attached hydrogens (tertiary/aromatic N) is 1. The molecule has 0 bridgehead atoms. The topological polar surface area (TPSA) is 247 Å². The standard InChI is InChI=1S/C24H41N7O7/c1-6-13(4)20(24(38)30-19(12(2)3)21(27)35)31-23(37)17(9-10-18(26)34)29-22(36)16(28-14(5)32)8-7-15(33)11-25/h12-13,15-17,19-20,33H,6-10H2,1-5H3,(H2,26,34)(H2,27,35)(H,28,32)(H,29,36)(H,30,38)(H,31,37)/t13?,15?,16-,17-,19-,20-/m0/s1. The number of primary amides is 2. The minimum atomic E-state index is -1.36. The molecule has 2 unspecified atom stereocenters. The highest BCUT2D eigenvalue weighted by Crippen LogP contribution is 2.12. The summed E-state index contributed by atoms with van der Waals surface area (Å²) in [6.07, 6.45) is -1.59. The number of aliphatic hydroxyl groups excluding tert-OH is 1. The van der Waals surface area contributed by atoms with Crippen LogP contribution in [-0.2, 0) is 28.8 Å². The summed E-state index contributed by atoms with van der Waals surface area (Å²) in [7, 11) is 0. The van der Waals surface area contributed by atoms with Crippen LogP contribution in [-0.4, -0.2) is 70.8 Å². The lowest BCUT2D eigenvalue weighted by Gasteiger charge is -2.29. The molecule has 0 rings (SSSR count). The Morgan fingerprint density at radius 3 is 1.79 bits per heavy atom. The van der Waals surface area contributed by atoms with Crippen molar-refractivity contribution in [3.8, 4) is 6.07 Å². The van der Waals surface area contributed by atoms with Crippen LogP contribution in [0.5, 0.6) is 0 Å². The lowest BCUT2D eigenvalue weighted by atomic mass is 9.96. The van der Waals surface area contributed by atoms with E-state index < -0.39 is 65.7 Å². The SMILES string of the molecule is CCC(C)[C@H](NC(=O)[C@H](CCC(N)=O)NC(=O)[C@H](CCC(O)C#N)NC(C)=O)C(=O)N[C@H](C(N)=O)C(C)C. The second-order valence-electron chi connectivity index (χ2n) is 9.55. The fourth-order valence-corrected chi connectivity index (χ4v) is 3.50. The molecule has 0 aromatic heterocycles. The van der Waals surface area contributed by atoms with Gasteiger partial charge in [-0.25, -0.2) is 0 Å². The van der Waals surface area contributed by atoms with Crippen molar-refractivity contribution in [1.29, 1.82) is 5.26 Å². The van der Waals surface area contributed by atoms with Gasteiger partial charge in [0.15, 0.2) is 0 Å². The summed E-state index contributed by atoms with van der Waals surface area (Å²) >= 11 is 0. The van der Waals surface area contributed by atoms with Crippen LogP contribution in [0.15, 0.2) is 0 Å². The maximum atomic E-state index is 13.2. The molecule has 0 fully saturated rings. The first-order valence-electron chi connectivity index (χ1n) is 12.5. The van der Waals surface area contributed by atoms with E-state index in [4.69, 9.17) is 16.7 Å². The predicted octanol–water partition coefficient (Wildman–Crippen LogP) is -1.94. The number of hydrogen-bond acceptors (Lipinski definition) is 8. The predicted molar refractivity (Wildman–Crippen MR) is 136 cm³/mol. The van der Waals surface area contributed by atoms with Crippen molar-refractivity contribution >= 4 is 35.4 Å². The fourth-order valence-electron chi connectivity index (χ4n) is 3.50. The molecule has 214 valence electrons. The smallest absolute Gasteiger partial charge is 0.243 e. The minimum absolute atomic E-state index is 0.105. The van der Waals surface area contributed by atoms with E-state index in [1.54, 1.807) is 33.8 Å². The first kappa shape index (κ1) is 34.3. The summed E-state index contributed by atoms with van der Waals surface area (Å²) in [5, 5.41) is 28.3. The Hall–Kier alpha value is -3.73. The maximum absolute atomic E-state index is 13.2. The van der Waals surface area contributed by atoms with Crippen LogP contribution >= 0.6 is 0 Å². The van der Waals surface area contributed by atoms with Gasteiger partial charge in [-0.3, -0.25) is 28.8 Å². The van der Waals surface area contributed by atoms with Crippen molar-refractivity contribution in [2.45, 2.75) is 97.0 Å². The Balaban J connectivity index is 5.86. The normalized spacial score (nSPS) is 15.5. The molecular weight excluding hydrogens is 498 g/mol. The zero-order valence-electron chi connectivity index (χ0n) is 22.6. The van der Waals surface area contributed by atoms with Gasteiger partial charge in [0.1, 0.15) is 30.3 Å². The molecule has 0 spiro atoms. The van der Waals surface area contributed by atoms with Crippen molar-refractivity contribution in [2.24, 2.45) is 23.3 Å². The first-order chi connectivity index (χ1) is 17.6. The van der Waals surface area contributed by atoms with Crippen molar-refractivity contribution in [3.63, 3.8) is 0 Å². The molecule has 0 aliphatic rings. The average molecular weight is 540 g/mol. The first-order valence-corrected chi connectivity index (χ1v) is 12.5. The molecule has 0 radical (unpaired) electrons. The lowest BCUT2D eigenvalue weighted by Crippen LogP contribution is -2.60. The van der Waals surface area contributed by atoms with Crippen molar-refractivity contribution in [1.82, 2.24) is 21.3 Å². The molecule has 14 heteroatoms. The van der Waals surface area contributed by atoms with Gasteiger partial charge in [0.2, 0.25) is 35.4 Å².